The largest absolute Gasteiger partial charge is 0.493 e. The van der Waals surface area contributed by atoms with Gasteiger partial charge in [-0.15, -0.1) is 0 Å². The quantitative estimate of drug-likeness (QED) is 0.289. The highest BCUT2D eigenvalue weighted by atomic mass is 35.5. The van der Waals surface area contributed by atoms with Crippen LogP contribution in [0.2, 0.25) is 10.0 Å². The molecule has 11 heteroatoms. The Morgan fingerprint density at radius 3 is 2.40 bits per heavy atom. The smallest absolute Gasteiger partial charge is 0.417 e. The van der Waals surface area contributed by atoms with Gasteiger partial charge in [-0.2, -0.15) is 22.9 Å². The van der Waals surface area contributed by atoms with Crippen LogP contribution < -0.4 is 15.0 Å². The molecule has 0 spiro atoms. The number of aromatic nitrogens is 2. The fourth-order valence-electron chi connectivity index (χ4n) is 3.38. The molecule has 0 fully saturated rings. The first-order valence-corrected chi connectivity index (χ1v) is 10.7. The number of fused-ring (bicyclic) bond motifs is 1. The molecule has 180 valence electrons. The topological polar surface area (TPSA) is 65.7 Å². The Morgan fingerprint density at radius 1 is 0.971 bits per heavy atom. The lowest BCUT2D eigenvalue weighted by molar-refractivity contribution is -0.137. The lowest BCUT2D eigenvalue weighted by Gasteiger charge is -2.13. The number of ether oxygens (including phenoxy) is 2. The van der Waals surface area contributed by atoms with Crippen LogP contribution in [0.4, 0.5) is 13.2 Å². The van der Waals surface area contributed by atoms with Crippen LogP contribution in [-0.2, 0) is 6.18 Å². The Hall–Kier alpha value is -3.56. The maximum absolute atomic E-state index is 13.3. The molecule has 0 bridgehead atoms. The summed E-state index contributed by atoms with van der Waals surface area (Å²) >= 11 is 11.8. The van der Waals surface area contributed by atoms with E-state index >= 15 is 0 Å². The van der Waals surface area contributed by atoms with E-state index in [0.717, 1.165) is 23.0 Å². The van der Waals surface area contributed by atoms with Crippen molar-refractivity contribution in [2.75, 3.05) is 14.2 Å². The standard InChI is InChI=1S/C24H16Cl2F3N3O3/c1-34-20-8-4-14(10-21(20)35-2)22-31-19-7-5-15(25)11-16(19)23(33)32(22)30-12-13-3-6-18(26)17(9-13)24(27,28)29/h3-12H,1-2H3. The van der Waals surface area contributed by atoms with Gasteiger partial charge in [-0.3, -0.25) is 4.79 Å². The number of halogens is 5. The Morgan fingerprint density at radius 2 is 1.71 bits per heavy atom. The first kappa shape index (κ1) is 24.6. The maximum Gasteiger partial charge on any atom is 0.417 e. The minimum atomic E-state index is -4.65. The summed E-state index contributed by atoms with van der Waals surface area (Å²) in [5, 5.41) is 4.23. The van der Waals surface area contributed by atoms with Gasteiger partial charge in [-0.05, 0) is 54.1 Å². The lowest BCUT2D eigenvalue weighted by atomic mass is 10.1. The molecular weight excluding hydrogens is 506 g/mol. The Labute approximate surface area is 207 Å². The molecular formula is C24H16Cl2F3N3O3. The van der Waals surface area contributed by atoms with E-state index in [-0.39, 0.29) is 16.8 Å². The monoisotopic (exact) mass is 521 g/mol. The number of hydrogen-bond donors (Lipinski definition) is 0. The first-order valence-electron chi connectivity index (χ1n) is 9.98. The predicted octanol–water partition coefficient (Wildman–Crippen LogP) is 6.29. The normalized spacial score (nSPS) is 11.9. The second kappa shape index (κ2) is 9.59. The molecule has 0 aliphatic carbocycles. The van der Waals surface area contributed by atoms with Crippen molar-refractivity contribution in [3.8, 4) is 22.9 Å². The van der Waals surface area contributed by atoms with Crippen molar-refractivity contribution in [2.24, 2.45) is 5.10 Å². The highest BCUT2D eigenvalue weighted by Crippen LogP contribution is 2.35. The number of benzene rings is 3. The summed E-state index contributed by atoms with van der Waals surface area (Å²) < 4.78 is 51.4. The molecule has 0 atom stereocenters. The molecule has 0 amide bonds. The molecule has 0 N–H and O–H groups in total. The number of alkyl halides is 3. The van der Waals surface area contributed by atoms with E-state index < -0.39 is 22.3 Å². The average Bonchev–Trinajstić information content (AvgIpc) is 2.83. The van der Waals surface area contributed by atoms with Crippen molar-refractivity contribution in [1.82, 2.24) is 9.66 Å². The Bertz CT molecular complexity index is 1520. The molecule has 4 aromatic rings. The van der Waals surface area contributed by atoms with E-state index in [1.807, 2.05) is 0 Å². The van der Waals surface area contributed by atoms with E-state index in [2.05, 4.69) is 10.1 Å². The zero-order valence-electron chi connectivity index (χ0n) is 18.2. The van der Waals surface area contributed by atoms with Gasteiger partial charge in [0, 0.05) is 10.6 Å². The number of hydrogen-bond acceptors (Lipinski definition) is 5. The zero-order valence-corrected chi connectivity index (χ0v) is 19.7. The second-order valence-electron chi connectivity index (χ2n) is 7.27. The van der Waals surface area contributed by atoms with Crippen molar-refractivity contribution in [1.29, 1.82) is 0 Å². The van der Waals surface area contributed by atoms with Crippen LogP contribution >= 0.6 is 23.2 Å². The number of methoxy groups -OCH3 is 2. The van der Waals surface area contributed by atoms with Gasteiger partial charge in [0.2, 0.25) is 0 Å². The van der Waals surface area contributed by atoms with Gasteiger partial charge in [0.15, 0.2) is 17.3 Å². The molecule has 3 aromatic carbocycles. The zero-order chi connectivity index (χ0) is 25.3. The summed E-state index contributed by atoms with van der Waals surface area (Å²) in [7, 11) is 2.94. The third-order valence-electron chi connectivity index (χ3n) is 5.07. The third-order valence-corrected chi connectivity index (χ3v) is 5.63. The third kappa shape index (κ3) is 4.96. The second-order valence-corrected chi connectivity index (χ2v) is 8.11. The predicted molar refractivity (Wildman–Crippen MR) is 129 cm³/mol. The molecule has 0 radical (unpaired) electrons. The van der Waals surface area contributed by atoms with Crippen molar-refractivity contribution in [3.05, 3.63) is 86.1 Å². The first-order chi connectivity index (χ1) is 16.6. The van der Waals surface area contributed by atoms with Crippen LogP contribution in [-0.4, -0.2) is 30.1 Å². The molecule has 1 aromatic heterocycles. The molecule has 4 rings (SSSR count). The summed E-state index contributed by atoms with van der Waals surface area (Å²) in [6.07, 6.45) is -3.53. The molecule has 0 aliphatic heterocycles. The number of rotatable bonds is 5. The number of nitrogens with zero attached hydrogens (tertiary/aromatic N) is 3. The molecule has 35 heavy (non-hydrogen) atoms. The van der Waals surface area contributed by atoms with Crippen LogP contribution in [0.5, 0.6) is 11.5 Å². The van der Waals surface area contributed by atoms with E-state index in [1.54, 1.807) is 30.3 Å². The van der Waals surface area contributed by atoms with Crippen LogP contribution in [0, 0.1) is 0 Å². The summed E-state index contributed by atoms with van der Waals surface area (Å²) in [6.45, 7) is 0. The summed E-state index contributed by atoms with van der Waals surface area (Å²) in [4.78, 5) is 17.9. The average molecular weight is 522 g/mol. The minimum absolute atomic E-state index is 0.0816. The summed E-state index contributed by atoms with van der Waals surface area (Å²) in [6, 6.07) is 12.8. The summed E-state index contributed by atoms with van der Waals surface area (Å²) in [5.74, 6) is 0.979. The van der Waals surface area contributed by atoms with Gasteiger partial charge >= 0.3 is 6.18 Å². The molecule has 1 heterocycles. The van der Waals surface area contributed by atoms with E-state index in [9.17, 15) is 18.0 Å². The Balaban J connectivity index is 1.93. The molecule has 0 saturated carbocycles. The highest BCUT2D eigenvalue weighted by molar-refractivity contribution is 6.31. The van der Waals surface area contributed by atoms with Crippen molar-refractivity contribution in [2.45, 2.75) is 6.18 Å². The van der Waals surface area contributed by atoms with Crippen LogP contribution in [0.3, 0.4) is 0 Å². The molecule has 0 unspecified atom stereocenters. The maximum atomic E-state index is 13.3. The van der Waals surface area contributed by atoms with E-state index in [0.29, 0.717) is 27.6 Å². The SMILES string of the molecule is COc1ccc(-c2nc3ccc(Cl)cc3c(=O)n2N=Cc2ccc(Cl)c(C(F)(F)F)c2)cc1OC. The minimum Gasteiger partial charge on any atom is -0.493 e. The fraction of sp³-hybridized carbons (Fsp3) is 0.125. The van der Waals surface area contributed by atoms with Crippen LogP contribution in [0.25, 0.3) is 22.3 Å². The van der Waals surface area contributed by atoms with Crippen molar-refractivity contribution >= 4 is 40.3 Å². The lowest BCUT2D eigenvalue weighted by Crippen LogP contribution is -2.20. The van der Waals surface area contributed by atoms with Gasteiger partial charge in [0.05, 0.1) is 41.9 Å². The van der Waals surface area contributed by atoms with Gasteiger partial charge in [0.1, 0.15) is 0 Å². The molecule has 6 nitrogen and oxygen atoms in total. The van der Waals surface area contributed by atoms with Gasteiger partial charge < -0.3 is 9.47 Å². The highest BCUT2D eigenvalue weighted by Gasteiger charge is 2.33. The molecule has 0 aliphatic rings. The van der Waals surface area contributed by atoms with Gasteiger partial charge in [0.25, 0.3) is 5.56 Å². The van der Waals surface area contributed by atoms with E-state index in [4.69, 9.17) is 32.7 Å². The van der Waals surface area contributed by atoms with Crippen molar-refractivity contribution < 1.29 is 22.6 Å². The molecule has 0 saturated heterocycles. The van der Waals surface area contributed by atoms with Crippen LogP contribution in [0.1, 0.15) is 11.1 Å². The summed E-state index contributed by atoms with van der Waals surface area (Å²) in [5.41, 5.74) is -0.678. The van der Waals surface area contributed by atoms with E-state index in [1.165, 1.54) is 26.4 Å². The van der Waals surface area contributed by atoms with Gasteiger partial charge in [-0.25, -0.2) is 4.98 Å². The van der Waals surface area contributed by atoms with Crippen LogP contribution in [0.15, 0.2) is 64.5 Å². The van der Waals surface area contributed by atoms with Gasteiger partial charge in [-0.1, -0.05) is 29.3 Å². The van der Waals surface area contributed by atoms with Crippen molar-refractivity contribution in [3.63, 3.8) is 0 Å². The Kier molecular flexibility index (Phi) is 6.73. The fourth-order valence-corrected chi connectivity index (χ4v) is 3.78.